The quantitative estimate of drug-likeness (QED) is 0.400. The number of aromatic nitrogens is 2. The van der Waals surface area contributed by atoms with Crippen molar-refractivity contribution in [2.24, 2.45) is 0 Å². The lowest BCUT2D eigenvalue weighted by Gasteiger charge is -2.33. The second kappa shape index (κ2) is 11.6. The van der Waals surface area contributed by atoms with Gasteiger partial charge in [-0.1, -0.05) is 54.6 Å². The maximum Gasteiger partial charge on any atom is 0.252 e. The molecule has 39 heavy (non-hydrogen) atoms. The Morgan fingerprint density at radius 3 is 2.28 bits per heavy atom. The van der Waals surface area contributed by atoms with E-state index in [1.165, 1.54) is 4.90 Å². The summed E-state index contributed by atoms with van der Waals surface area (Å²) in [5, 5.41) is 3.88. The fourth-order valence-electron chi connectivity index (χ4n) is 4.91. The summed E-state index contributed by atoms with van der Waals surface area (Å²) in [7, 11) is 5.52. The predicted molar refractivity (Wildman–Crippen MR) is 155 cm³/mol. The van der Waals surface area contributed by atoms with Gasteiger partial charge in [0.25, 0.3) is 5.91 Å². The van der Waals surface area contributed by atoms with E-state index in [4.69, 9.17) is 0 Å². The molecule has 0 radical (unpaired) electrons. The molecule has 0 spiro atoms. The number of fused-ring (bicyclic) bond motifs is 1. The zero-order valence-electron chi connectivity index (χ0n) is 22.7. The third kappa shape index (κ3) is 6.07. The molecule has 0 aliphatic carbocycles. The molecule has 1 atom stereocenters. The summed E-state index contributed by atoms with van der Waals surface area (Å²) < 4.78 is 0. The normalized spacial score (nSPS) is 14.7. The molecular weight excluding hydrogens is 488 g/mol. The lowest BCUT2D eigenvalue weighted by Crippen LogP contribution is -2.47. The van der Waals surface area contributed by atoms with Gasteiger partial charge < -0.3 is 20.0 Å². The van der Waals surface area contributed by atoms with E-state index in [0.717, 1.165) is 54.1 Å². The lowest BCUT2D eigenvalue weighted by atomic mass is 10.00. The molecule has 0 bridgehead atoms. The van der Waals surface area contributed by atoms with Crippen molar-refractivity contribution in [1.29, 1.82) is 0 Å². The van der Waals surface area contributed by atoms with Crippen molar-refractivity contribution < 1.29 is 9.59 Å². The van der Waals surface area contributed by atoms with Crippen molar-refractivity contribution in [2.75, 3.05) is 52.2 Å². The summed E-state index contributed by atoms with van der Waals surface area (Å²) >= 11 is 0. The van der Waals surface area contributed by atoms with Gasteiger partial charge >= 0.3 is 0 Å². The summed E-state index contributed by atoms with van der Waals surface area (Å²) in [5.41, 5.74) is 4.38. The monoisotopic (exact) mass is 522 g/mol. The fraction of sp³-hybridized carbons (Fsp3) is 0.290. The minimum absolute atomic E-state index is 0.157. The average molecular weight is 523 g/mol. The minimum atomic E-state index is -0.697. The number of piperazine rings is 1. The molecule has 3 aromatic carbocycles. The minimum Gasteiger partial charge on any atom is -0.353 e. The first kappa shape index (κ1) is 26.3. The molecule has 200 valence electrons. The topological polar surface area (TPSA) is 81.7 Å². The highest BCUT2D eigenvalue weighted by molar-refractivity contribution is 6.01. The molecule has 8 nitrogen and oxygen atoms in total. The van der Waals surface area contributed by atoms with Crippen LogP contribution in [0.5, 0.6) is 0 Å². The van der Waals surface area contributed by atoms with E-state index in [1.54, 1.807) is 32.6 Å². The van der Waals surface area contributed by atoms with Crippen LogP contribution in [0.3, 0.4) is 0 Å². The van der Waals surface area contributed by atoms with Crippen molar-refractivity contribution in [3.05, 3.63) is 90.3 Å². The standard InChI is InChI=1S/C31H34N6O2/c1-35(2)31(39)28(19-22-9-11-24(12-10-22)23-7-5-4-6-8-23)34-30(38)25-13-14-26-27(20-25)32-21-33-29(26)37-17-15-36(3)16-18-37/h4-14,20-21,28H,15-19H2,1-3H3,(H,34,38)/t28-/m0/s1. The highest BCUT2D eigenvalue weighted by Gasteiger charge is 2.24. The van der Waals surface area contributed by atoms with Gasteiger partial charge in [-0.05, 0) is 41.9 Å². The second-order valence-corrected chi connectivity index (χ2v) is 10.2. The Balaban J connectivity index is 1.33. The van der Waals surface area contributed by atoms with E-state index < -0.39 is 6.04 Å². The van der Waals surface area contributed by atoms with Gasteiger partial charge in [-0.2, -0.15) is 0 Å². The number of nitrogens with one attached hydrogen (secondary N) is 1. The van der Waals surface area contributed by atoms with E-state index in [-0.39, 0.29) is 11.8 Å². The Morgan fingerprint density at radius 1 is 0.897 bits per heavy atom. The molecule has 1 aromatic heterocycles. The molecular formula is C31H34N6O2. The van der Waals surface area contributed by atoms with Crippen LogP contribution in [0.15, 0.2) is 79.1 Å². The lowest BCUT2D eigenvalue weighted by molar-refractivity contribution is -0.130. The van der Waals surface area contributed by atoms with Gasteiger partial charge in [-0.3, -0.25) is 9.59 Å². The maximum atomic E-state index is 13.3. The molecule has 2 heterocycles. The highest BCUT2D eigenvalue weighted by atomic mass is 16.2. The van der Waals surface area contributed by atoms with Crippen molar-refractivity contribution >= 4 is 28.5 Å². The van der Waals surface area contributed by atoms with Crippen molar-refractivity contribution in [3.63, 3.8) is 0 Å². The Bertz CT molecular complexity index is 1450. The van der Waals surface area contributed by atoms with Gasteiger partial charge in [0.05, 0.1) is 5.52 Å². The smallest absolute Gasteiger partial charge is 0.252 e. The van der Waals surface area contributed by atoms with E-state index in [9.17, 15) is 9.59 Å². The Hall–Kier alpha value is -4.30. The van der Waals surface area contributed by atoms with Crippen LogP contribution in [0.4, 0.5) is 5.82 Å². The van der Waals surface area contributed by atoms with Gasteiger partial charge in [0, 0.05) is 57.6 Å². The number of amides is 2. The number of carbonyl (C=O) groups is 2. The van der Waals surface area contributed by atoms with Crippen LogP contribution in [0.1, 0.15) is 15.9 Å². The number of hydrogen-bond acceptors (Lipinski definition) is 6. The summed E-state index contributed by atoms with van der Waals surface area (Å²) in [4.78, 5) is 41.4. The number of anilines is 1. The van der Waals surface area contributed by atoms with Gasteiger partial charge in [0.2, 0.25) is 5.91 Å². The summed E-state index contributed by atoms with van der Waals surface area (Å²) in [5.74, 6) is 0.424. The third-order valence-corrected chi connectivity index (χ3v) is 7.23. The predicted octanol–water partition coefficient (Wildman–Crippen LogP) is 3.48. The number of likely N-dealkylation sites (N-methyl/N-ethyl adjacent to an activating group) is 2. The Kier molecular flexibility index (Phi) is 7.84. The van der Waals surface area contributed by atoms with Crippen LogP contribution in [-0.4, -0.2) is 84.9 Å². The molecule has 0 unspecified atom stereocenters. The van der Waals surface area contributed by atoms with Crippen LogP contribution in [-0.2, 0) is 11.2 Å². The molecule has 1 aliphatic heterocycles. The molecule has 1 fully saturated rings. The van der Waals surface area contributed by atoms with E-state index in [1.807, 2.05) is 48.5 Å². The highest BCUT2D eigenvalue weighted by Crippen LogP contribution is 2.25. The van der Waals surface area contributed by atoms with E-state index in [0.29, 0.717) is 17.5 Å². The van der Waals surface area contributed by atoms with Gasteiger partial charge in [-0.15, -0.1) is 0 Å². The van der Waals surface area contributed by atoms with Crippen LogP contribution in [0.2, 0.25) is 0 Å². The summed E-state index contributed by atoms with van der Waals surface area (Å²) in [6, 6.07) is 23.0. The second-order valence-electron chi connectivity index (χ2n) is 10.2. The van der Waals surface area contributed by atoms with Crippen LogP contribution < -0.4 is 10.2 Å². The van der Waals surface area contributed by atoms with Gasteiger partial charge in [-0.25, -0.2) is 9.97 Å². The van der Waals surface area contributed by atoms with Crippen LogP contribution >= 0.6 is 0 Å². The van der Waals surface area contributed by atoms with Gasteiger partial charge in [0.15, 0.2) is 0 Å². The largest absolute Gasteiger partial charge is 0.353 e. The SMILES string of the molecule is CN1CCN(c2ncnc3cc(C(=O)N[C@@H](Cc4ccc(-c5ccccc5)cc4)C(=O)N(C)C)ccc23)CC1. The molecule has 4 aromatic rings. The van der Waals surface area contributed by atoms with Crippen molar-refractivity contribution in [1.82, 2.24) is 25.1 Å². The number of hydrogen-bond donors (Lipinski definition) is 1. The number of rotatable bonds is 7. The maximum absolute atomic E-state index is 13.3. The van der Waals surface area contributed by atoms with Crippen LogP contribution in [0, 0.1) is 0 Å². The van der Waals surface area contributed by atoms with Crippen molar-refractivity contribution in [3.8, 4) is 11.1 Å². The Labute approximate surface area is 229 Å². The molecule has 2 amide bonds. The van der Waals surface area contributed by atoms with E-state index in [2.05, 4.69) is 44.3 Å². The molecule has 1 aliphatic rings. The molecule has 5 rings (SSSR count). The number of nitrogens with zero attached hydrogens (tertiary/aromatic N) is 5. The zero-order chi connectivity index (χ0) is 27.4. The zero-order valence-corrected chi connectivity index (χ0v) is 22.7. The van der Waals surface area contributed by atoms with E-state index >= 15 is 0 Å². The fourth-order valence-corrected chi connectivity index (χ4v) is 4.91. The van der Waals surface area contributed by atoms with Gasteiger partial charge in [0.1, 0.15) is 18.2 Å². The third-order valence-electron chi connectivity index (χ3n) is 7.23. The summed E-state index contributed by atoms with van der Waals surface area (Å²) in [6.45, 7) is 3.74. The Morgan fingerprint density at radius 2 is 1.59 bits per heavy atom. The van der Waals surface area contributed by atoms with Crippen molar-refractivity contribution in [2.45, 2.75) is 12.5 Å². The molecule has 8 heteroatoms. The first-order valence-corrected chi connectivity index (χ1v) is 13.2. The molecule has 1 N–H and O–H groups in total. The molecule has 1 saturated heterocycles. The van der Waals surface area contributed by atoms with Crippen LogP contribution in [0.25, 0.3) is 22.0 Å². The summed E-state index contributed by atoms with van der Waals surface area (Å²) in [6.07, 6.45) is 1.94. The first-order chi connectivity index (χ1) is 18.9. The number of benzene rings is 3. The average Bonchev–Trinajstić information content (AvgIpc) is 2.97. The molecule has 0 saturated carbocycles. The first-order valence-electron chi connectivity index (χ1n) is 13.2. The number of carbonyl (C=O) groups excluding carboxylic acids is 2.